The van der Waals surface area contributed by atoms with E-state index < -0.39 is 0 Å². The van der Waals surface area contributed by atoms with E-state index in [1.807, 2.05) is 0 Å². The fourth-order valence-corrected chi connectivity index (χ4v) is 2.13. The minimum atomic E-state index is 0.109. The van der Waals surface area contributed by atoms with E-state index in [9.17, 15) is 0 Å². The molecule has 2 rings (SSSR count). The summed E-state index contributed by atoms with van der Waals surface area (Å²) in [6.07, 6.45) is 6.44. The molecule has 2 nitrogen and oxygen atoms in total. The zero-order valence-corrected chi connectivity index (χ0v) is 7.01. The van der Waals surface area contributed by atoms with Gasteiger partial charge in [0.25, 0.3) is 0 Å². The molecule has 1 aliphatic carbocycles. The quantitative estimate of drug-likeness (QED) is 0.652. The van der Waals surface area contributed by atoms with Crippen molar-refractivity contribution in [2.75, 3.05) is 13.2 Å². The Morgan fingerprint density at radius 2 is 2.18 bits per heavy atom. The van der Waals surface area contributed by atoms with E-state index in [-0.39, 0.29) is 5.60 Å². The van der Waals surface area contributed by atoms with Gasteiger partial charge in [0.15, 0.2) is 0 Å². The van der Waals surface area contributed by atoms with Crippen molar-refractivity contribution < 1.29 is 4.74 Å². The third-order valence-electron chi connectivity index (χ3n) is 3.05. The van der Waals surface area contributed by atoms with Crippen LogP contribution in [0.25, 0.3) is 0 Å². The second-order valence-corrected chi connectivity index (χ2v) is 3.85. The van der Waals surface area contributed by atoms with Crippen LogP contribution in [0.4, 0.5) is 0 Å². The van der Waals surface area contributed by atoms with Crippen molar-refractivity contribution in [2.24, 2.45) is 11.7 Å². The summed E-state index contributed by atoms with van der Waals surface area (Å²) in [6.45, 7) is 1.67. The fourth-order valence-electron chi connectivity index (χ4n) is 2.13. The number of hydrogen-bond acceptors (Lipinski definition) is 2. The normalized spacial score (nSPS) is 39.0. The topological polar surface area (TPSA) is 35.2 Å². The Morgan fingerprint density at radius 3 is 2.64 bits per heavy atom. The van der Waals surface area contributed by atoms with Crippen molar-refractivity contribution >= 4 is 0 Å². The maximum atomic E-state index is 5.81. The highest BCUT2D eigenvalue weighted by Gasteiger charge is 2.45. The van der Waals surface area contributed by atoms with Gasteiger partial charge in [-0.25, -0.2) is 0 Å². The zero-order valence-electron chi connectivity index (χ0n) is 7.01. The molecule has 0 aromatic rings. The van der Waals surface area contributed by atoms with Crippen molar-refractivity contribution in [2.45, 2.75) is 37.7 Å². The molecule has 2 heteroatoms. The van der Waals surface area contributed by atoms with Gasteiger partial charge in [0.1, 0.15) is 0 Å². The van der Waals surface area contributed by atoms with E-state index in [0.717, 1.165) is 19.1 Å². The molecule has 11 heavy (non-hydrogen) atoms. The summed E-state index contributed by atoms with van der Waals surface area (Å²) in [5.74, 6) is 0.799. The van der Waals surface area contributed by atoms with Crippen molar-refractivity contribution in [3.8, 4) is 0 Å². The maximum Gasteiger partial charge on any atom is 0.0832 e. The summed E-state index contributed by atoms with van der Waals surface area (Å²) in [5, 5.41) is 0. The molecule has 1 unspecified atom stereocenters. The van der Waals surface area contributed by atoms with Gasteiger partial charge in [0, 0.05) is 13.2 Å². The lowest BCUT2D eigenvalue weighted by atomic mass is 9.89. The van der Waals surface area contributed by atoms with Gasteiger partial charge >= 0.3 is 0 Å². The molecule has 1 heterocycles. The number of ether oxygens (including phenoxy) is 1. The van der Waals surface area contributed by atoms with E-state index in [1.54, 1.807) is 0 Å². The van der Waals surface area contributed by atoms with Crippen molar-refractivity contribution in [1.82, 2.24) is 0 Å². The average molecular weight is 155 g/mol. The summed E-state index contributed by atoms with van der Waals surface area (Å²) in [7, 11) is 0. The summed E-state index contributed by atoms with van der Waals surface area (Å²) >= 11 is 0. The van der Waals surface area contributed by atoms with Crippen LogP contribution in [-0.4, -0.2) is 18.8 Å². The van der Waals surface area contributed by atoms with Crippen LogP contribution < -0.4 is 5.73 Å². The Morgan fingerprint density at radius 1 is 1.36 bits per heavy atom. The zero-order chi connectivity index (χ0) is 7.73. The molecule has 0 aromatic heterocycles. The minimum Gasteiger partial charge on any atom is -0.373 e. The molecule has 2 fully saturated rings. The van der Waals surface area contributed by atoms with Gasteiger partial charge < -0.3 is 10.5 Å². The van der Waals surface area contributed by atoms with Gasteiger partial charge in [0.2, 0.25) is 0 Å². The fraction of sp³-hybridized carbons (Fsp3) is 1.00. The molecule has 64 valence electrons. The number of hydrogen-bond donors (Lipinski definition) is 1. The molecule has 1 atom stereocenters. The molecule has 0 spiro atoms. The highest BCUT2D eigenvalue weighted by atomic mass is 16.5. The molecule has 1 saturated heterocycles. The van der Waals surface area contributed by atoms with E-state index in [0.29, 0.717) is 0 Å². The van der Waals surface area contributed by atoms with Gasteiger partial charge in [-0.05, 0) is 38.0 Å². The van der Waals surface area contributed by atoms with Crippen LogP contribution in [0.3, 0.4) is 0 Å². The van der Waals surface area contributed by atoms with Gasteiger partial charge in [0.05, 0.1) is 5.60 Å². The summed E-state index contributed by atoms with van der Waals surface area (Å²) < 4.78 is 5.81. The Labute approximate surface area is 68.1 Å². The van der Waals surface area contributed by atoms with Gasteiger partial charge in [-0.2, -0.15) is 0 Å². The third-order valence-corrected chi connectivity index (χ3v) is 3.05. The lowest BCUT2D eigenvalue weighted by Gasteiger charge is -2.36. The minimum absolute atomic E-state index is 0.109. The van der Waals surface area contributed by atoms with Gasteiger partial charge in [-0.3, -0.25) is 0 Å². The molecule has 0 bridgehead atoms. The van der Waals surface area contributed by atoms with E-state index in [2.05, 4.69) is 0 Å². The van der Waals surface area contributed by atoms with E-state index >= 15 is 0 Å². The molecule has 1 saturated carbocycles. The summed E-state index contributed by atoms with van der Waals surface area (Å²) in [6, 6.07) is 0. The third kappa shape index (κ3) is 1.30. The van der Waals surface area contributed by atoms with Crippen LogP contribution in [-0.2, 0) is 4.74 Å². The van der Waals surface area contributed by atoms with E-state index in [4.69, 9.17) is 10.5 Å². The highest BCUT2D eigenvalue weighted by molar-refractivity contribution is 4.98. The van der Waals surface area contributed by atoms with Gasteiger partial charge in [-0.1, -0.05) is 0 Å². The Hall–Kier alpha value is -0.0800. The maximum absolute atomic E-state index is 5.81. The smallest absolute Gasteiger partial charge is 0.0832 e. The Balaban J connectivity index is 2.01. The first kappa shape index (κ1) is 7.56. The molecule has 0 radical (unpaired) electrons. The van der Waals surface area contributed by atoms with Crippen molar-refractivity contribution in [1.29, 1.82) is 0 Å². The molecule has 2 N–H and O–H groups in total. The standard InChI is InChI=1S/C9H17NO/c10-7-9(8-3-4-8)5-1-2-6-11-9/h8H,1-7,10H2. The molecular weight excluding hydrogens is 138 g/mol. The average Bonchev–Trinajstić information content (AvgIpc) is 2.88. The van der Waals surface area contributed by atoms with Gasteiger partial charge in [-0.15, -0.1) is 0 Å². The lowest BCUT2D eigenvalue weighted by molar-refractivity contribution is -0.0865. The highest BCUT2D eigenvalue weighted by Crippen LogP contribution is 2.45. The lowest BCUT2D eigenvalue weighted by Crippen LogP contribution is -2.45. The van der Waals surface area contributed by atoms with Crippen LogP contribution in [0.1, 0.15) is 32.1 Å². The van der Waals surface area contributed by atoms with Crippen LogP contribution >= 0.6 is 0 Å². The molecule has 2 aliphatic rings. The SMILES string of the molecule is NCC1(C2CC2)CCCCO1. The van der Waals surface area contributed by atoms with Crippen molar-refractivity contribution in [3.63, 3.8) is 0 Å². The molecule has 0 aromatic carbocycles. The first-order valence-electron chi connectivity index (χ1n) is 4.71. The first-order valence-corrected chi connectivity index (χ1v) is 4.71. The van der Waals surface area contributed by atoms with Crippen LogP contribution in [0.2, 0.25) is 0 Å². The van der Waals surface area contributed by atoms with E-state index in [1.165, 1.54) is 32.1 Å². The predicted molar refractivity (Wildman–Crippen MR) is 44.3 cm³/mol. The number of rotatable bonds is 2. The summed E-state index contributed by atoms with van der Waals surface area (Å²) in [4.78, 5) is 0. The van der Waals surface area contributed by atoms with Crippen molar-refractivity contribution in [3.05, 3.63) is 0 Å². The monoisotopic (exact) mass is 155 g/mol. The van der Waals surface area contributed by atoms with Crippen LogP contribution in [0, 0.1) is 5.92 Å². The Bertz CT molecular complexity index is 136. The first-order chi connectivity index (χ1) is 5.37. The molecule has 1 aliphatic heterocycles. The molecule has 0 amide bonds. The predicted octanol–water partition coefficient (Wildman–Crippen LogP) is 1.29. The van der Waals surface area contributed by atoms with Crippen LogP contribution in [0.15, 0.2) is 0 Å². The number of nitrogens with two attached hydrogens (primary N) is 1. The van der Waals surface area contributed by atoms with Crippen LogP contribution in [0.5, 0.6) is 0 Å². The second-order valence-electron chi connectivity index (χ2n) is 3.85. The second kappa shape index (κ2) is 2.76. The summed E-state index contributed by atoms with van der Waals surface area (Å²) in [5.41, 5.74) is 5.86. The Kier molecular flexibility index (Phi) is 1.90. The molecular formula is C9H17NO. The largest absolute Gasteiger partial charge is 0.373 e.